The SMILES string of the molecule is CCCCCCOc1ccc(CN2C[C@@H]3C[C@@H](C2)c2cccc(=O)n2C3)cc1. The molecule has 0 radical (unpaired) electrons. The van der Waals surface area contributed by atoms with Gasteiger partial charge in [-0.2, -0.15) is 0 Å². The van der Waals surface area contributed by atoms with E-state index in [0.717, 1.165) is 45.0 Å². The summed E-state index contributed by atoms with van der Waals surface area (Å²) in [5, 5.41) is 0. The minimum Gasteiger partial charge on any atom is -0.494 e. The van der Waals surface area contributed by atoms with E-state index in [1.54, 1.807) is 6.07 Å². The first-order valence-electron chi connectivity index (χ1n) is 10.9. The van der Waals surface area contributed by atoms with Gasteiger partial charge in [-0.1, -0.05) is 44.4 Å². The second-order valence-electron chi connectivity index (χ2n) is 8.45. The Morgan fingerprint density at radius 1 is 1.00 bits per heavy atom. The van der Waals surface area contributed by atoms with Crippen molar-refractivity contribution < 1.29 is 4.74 Å². The van der Waals surface area contributed by atoms with Gasteiger partial charge in [0.2, 0.25) is 0 Å². The van der Waals surface area contributed by atoms with Crippen LogP contribution in [0.5, 0.6) is 5.75 Å². The van der Waals surface area contributed by atoms with Gasteiger partial charge in [0.25, 0.3) is 5.56 Å². The summed E-state index contributed by atoms with van der Waals surface area (Å²) in [4.78, 5) is 14.7. The molecule has 1 fully saturated rings. The number of benzene rings is 1. The van der Waals surface area contributed by atoms with Crippen LogP contribution < -0.4 is 10.3 Å². The fraction of sp³-hybridized carbons (Fsp3) is 0.542. The summed E-state index contributed by atoms with van der Waals surface area (Å²) in [6, 6.07) is 14.3. The Balaban J connectivity index is 1.32. The van der Waals surface area contributed by atoms with E-state index in [9.17, 15) is 4.79 Å². The first-order chi connectivity index (χ1) is 13.7. The zero-order valence-corrected chi connectivity index (χ0v) is 17.0. The maximum Gasteiger partial charge on any atom is 0.250 e. The average molecular weight is 381 g/mol. The third kappa shape index (κ3) is 4.49. The molecule has 0 unspecified atom stereocenters. The summed E-state index contributed by atoms with van der Waals surface area (Å²) in [6.45, 7) is 7.00. The quantitative estimate of drug-likeness (QED) is 0.636. The number of pyridine rings is 1. The Bertz CT molecular complexity index is 827. The molecule has 0 saturated carbocycles. The van der Waals surface area contributed by atoms with Gasteiger partial charge in [0, 0.05) is 43.9 Å². The smallest absolute Gasteiger partial charge is 0.250 e. The van der Waals surface area contributed by atoms with E-state index in [0.29, 0.717) is 11.8 Å². The van der Waals surface area contributed by atoms with Gasteiger partial charge < -0.3 is 9.30 Å². The number of unbranched alkanes of at least 4 members (excludes halogenated alkanes) is 3. The molecule has 1 saturated heterocycles. The van der Waals surface area contributed by atoms with Crippen LogP contribution in [-0.2, 0) is 13.1 Å². The maximum absolute atomic E-state index is 12.2. The first kappa shape index (κ1) is 19.3. The van der Waals surface area contributed by atoms with E-state index >= 15 is 0 Å². The molecule has 0 amide bonds. The zero-order valence-electron chi connectivity index (χ0n) is 17.0. The van der Waals surface area contributed by atoms with Crippen molar-refractivity contribution in [2.45, 2.75) is 58.0 Å². The Labute approximate surface area is 168 Å². The van der Waals surface area contributed by atoms with Gasteiger partial charge in [-0.15, -0.1) is 0 Å². The van der Waals surface area contributed by atoms with Crippen molar-refractivity contribution in [1.82, 2.24) is 9.47 Å². The number of hydrogen-bond acceptors (Lipinski definition) is 3. The summed E-state index contributed by atoms with van der Waals surface area (Å²) < 4.78 is 7.87. The number of aromatic nitrogens is 1. The highest BCUT2D eigenvalue weighted by Gasteiger charge is 2.34. The average Bonchev–Trinajstić information content (AvgIpc) is 2.70. The fourth-order valence-corrected chi connectivity index (χ4v) is 4.79. The van der Waals surface area contributed by atoms with E-state index < -0.39 is 0 Å². The number of piperidine rings is 1. The van der Waals surface area contributed by atoms with Crippen LogP contribution in [0.3, 0.4) is 0 Å². The summed E-state index contributed by atoms with van der Waals surface area (Å²) >= 11 is 0. The molecule has 2 aromatic rings. The monoisotopic (exact) mass is 380 g/mol. The molecule has 2 atom stereocenters. The molecule has 150 valence electrons. The minimum atomic E-state index is 0.158. The molecule has 0 aliphatic carbocycles. The molecule has 1 aromatic carbocycles. The standard InChI is InChI=1S/C24H32N2O2/c1-2-3-4-5-13-28-22-11-9-19(10-12-22)15-25-16-20-14-21(18-25)23-7-6-8-24(27)26(23)17-20/h6-12,20-21H,2-5,13-18H2,1H3/t20-,21-/m0/s1. The van der Waals surface area contributed by atoms with Crippen molar-refractivity contribution in [1.29, 1.82) is 0 Å². The molecule has 4 nitrogen and oxygen atoms in total. The highest BCUT2D eigenvalue weighted by Crippen LogP contribution is 2.35. The molecule has 2 bridgehead atoms. The molecule has 3 heterocycles. The number of rotatable bonds is 8. The zero-order chi connectivity index (χ0) is 19.3. The Morgan fingerprint density at radius 2 is 1.86 bits per heavy atom. The van der Waals surface area contributed by atoms with Gasteiger partial charge in [0.1, 0.15) is 5.75 Å². The van der Waals surface area contributed by atoms with Gasteiger partial charge in [0.15, 0.2) is 0 Å². The van der Waals surface area contributed by atoms with Gasteiger partial charge in [-0.3, -0.25) is 9.69 Å². The van der Waals surface area contributed by atoms with Crippen molar-refractivity contribution in [2.24, 2.45) is 5.92 Å². The lowest BCUT2D eigenvalue weighted by Gasteiger charge is -2.42. The molecule has 2 aliphatic rings. The predicted octanol–water partition coefficient (Wildman–Crippen LogP) is 4.43. The lowest BCUT2D eigenvalue weighted by molar-refractivity contribution is 0.114. The molecule has 28 heavy (non-hydrogen) atoms. The maximum atomic E-state index is 12.2. The minimum absolute atomic E-state index is 0.158. The summed E-state index contributed by atoms with van der Waals surface area (Å²) in [6.07, 6.45) is 6.15. The van der Waals surface area contributed by atoms with Crippen LogP contribution in [0, 0.1) is 5.92 Å². The summed E-state index contributed by atoms with van der Waals surface area (Å²) in [5.41, 5.74) is 2.72. The van der Waals surface area contributed by atoms with Crippen LogP contribution >= 0.6 is 0 Å². The normalized spacial score (nSPS) is 21.3. The van der Waals surface area contributed by atoms with E-state index in [1.165, 1.54) is 36.9 Å². The van der Waals surface area contributed by atoms with Crippen molar-refractivity contribution in [2.75, 3.05) is 19.7 Å². The largest absolute Gasteiger partial charge is 0.494 e. The molecule has 1 aromatic heterocycles. The fourth-order valence-electron chi connectivity index (χ4n) is 4.79. The van der Waals surface area contributed by atoms with E-state index in [-0.39, 0.29) is 5.56 Å². The third-order valence-electron chi connectivity index (χ3n) is 6.15. The molecule has 4 heteroatoms. The van der Waals surface area contributed by atoms with E-state index in [4.69, 9.17) is 4.74 Å². The van der Waals surface area contributed by atoms with Crippen molar-refractivity contribution >= 4 is 0 Å². The second-order valence-corrected chi connectivity index (χ2v) is 8.45. The van der Waals surface area contributed by atoms with E-state index in [1.807, 2.05) is 10.6 Å². The summed E-state index contributed by atoms with van der Waals surface area (Å²) in [5.74, 6) is 2.04. The molecule has 2 aliphatic heterocycles. The highest BCUT2D eigenvalue weighted by atomic mass is 16.5. The van der Waals surface area contributed by atoms with Crippen LogP contribution in [0.15, 0.2) is 47.3 Å². The number of nitrogens with zero attached hydrogens (tertiary/aromatic N) is 2. The predicted molar refractivity (Wildman–Crippen MR) is 113 cm³/mol. The van der Waals surface area contributed by atoms with Crippen LogP contribution in [0.4, 0.5) is 0 Å². The van der Waals surface area contributed by atoms with Crippen LogP contribution in [0.2, 0.25) is 0 Å². The van der Waals surface area contributed by atoms with Crippen molar-refractivity contribution in [3.8, 4) is 5.75 Å². The first-order valence-corrected chi connectivity index (χ1v) is 10.9. The van der Waals surface area contributed by atoms with Gasteiger partial charge >= 0.3 is 0 Å². The number of hydrogen-bond donors (Lipinski definition) is 0. The van der Waals surface area contributed by atoms with Crippen LogP contribution in [-0.4, -0.2) is 29.2 Å². The van der Waals surface area contributed by atoms with Crippen LogP contribution in [0.25, 0.3) is 0 Å². The number of fused-ring (bicyclic) bond motifs is 4. The lowest BCUT2D eigenvalue weighted by Crippen LogP contribution is -2.46. The topological polar surface area (TPSA) is 34.5 Å². The molecular formula is C24H32N2O2. The Kier molecular flexibility index (Phi) is 6.16. The van der Waals surface area contributed by atoms with Crippen molar-refractivity contribution in [3.05, 3.63) is 64.1 Å². The van der Waals surface area contributed by atoms with Gasteiger partial charge in [-0.25, -0.2) is 0 Å². The molecule has 0 N–H and O–H groups in total. The lowest BCUT2D eigenvalue weighted by atomic mass is 9.83. The van der Waals surface area contributed by atoms with Crippen molar-refractivity contribution in [3.63, 3.8) is 0 Å². The Morgan fingerprint density at radius 3 is 2.68 bits per heavy atom. The van der Waals surface area contributed by atoms with Gasteiger partial charge in [0.05, 0.1) is 6.61 Å². The van der Waals surface area contributed by atoms with E-state index in [2.05, 4.69) is 42.2 Å². The number of likely N-dealkylation sites (tertiary alicyclic amines) is 1. The summed E-state index contributed by atoms with van der Waals surface area (Å²) in [7, 11) is 0. The molecular weight excluding hydrogens is 348 g/mol. The third-order valence-corrected chi connectivity index (χ3v) is 6.15. The number of ether oxygens (including phenoxy) is 1. The second kappa shape index (κ2) is 8.95. The molecule has 4 rings (SSSR count). The molecule has 0 spiro atoms. The van der Waals surface area contributed by atoms with Gasteiger partial charge in [-0.05, 0) is 42.5 Å². The Hall–Kier alpha value is -2.07. The highest BCUT2D eigenvalue weighted by molar-refractivity contribution is 5.27. The van der Waals surface area contributed by atoms with Crippen LogP contribution in [0.1, 0.15) is 56.2 Å².